The molecule has 0 aromatic heterocycles. The van der Waals surface area contributed by atoms with Crippen LogP contribution in [0.4, 0.5) is 0 Å². The molecule has 100 valence electrons. The second-order valence-electron chi connectivity index (χ2n) is 6.28. The summed E-state index contributed by atoms with van der Waals surface area (Å²) >= 11 is 0. The summed E-state index contributed by atoms with van der Waals surface area (Å²) in [6.45, 7) is 9.79. The molecule has 0 spiro atoms. The maximum absolute atomic E-state index is 6.05. The number of nitrogens with two attached hydrogens (primary N) is 1. The van der Waals surface area contributed by atoms with Crippen molar-refractivity contribution in [2.45, 2.75) is 45.6 Å². The third-order valence-corrected chi connectivity index (χ3v) is 4.77. The Hall–Kier alpha value is -0.120. The average molecular weight is 240 g/mol. The van der Waals surface area contributed by atoms with Gasteiger partial charge in [-0.1, -0.05) is 6.92 Å². The molecule has 0 aromatic carbocycles. The molecular formula is C14H28N2O. The van der Waals surface area contributed by atoms with E-state index in [1.54, 1.807) is 0 Å². The van der Waals surface area contributed by atoms with E-state index in [1.807, 2.05) is 0 Å². The van der Waals surface area contributed by atoms with Gasteiger partial charge in [-0.2, -0.15) is 0 Å². The summed E-state index contributed by atoms with van der Waals surface area (Å²) in [7, 11) is 0. The van der Waals surface area contributed by atoms with Crippen molar-refractivity contribution in [2.24, 2.45) is 17.1 Å². The minimum atomic E-state index is 0.323. The summed E-state index contributed by atoms with van der Waals surface area (Å²) in [4.78, 5) is 2.67. The van der Waals surface area contributed by atoms with Crippen LogP contribution in [-0.4, -0.2) is 43.8 Å². The Morgan fingerprint density at radius 2 is 1.94 bits per heavy atom. The van der Waals surface area contributed by atoms with Gasteiger partial charge in [0, 0.05) is 32.3 Å². The highest BCUT2D eigenvalue weighted by atomic mass is 16.5. The lowest BCUT2D eigenvalue weighted by molar-refractivity contribution is -0.0163. The summed E-state index contributed by atoms with van der Waals surface area (Å²) in [5.41, 5.74) is 6.38. The van der Waals surface area contributed by atoms with Gasteiger partial charge < -0.3 is 10.5 Å². The molecule has 0 aromatic rings. The van der Waals surface area contributed by atoms with E-state index in [1.165, 1.54) is 25.9 Å². The van der Waals surface area contributed by atoms with Gasteiger partial charge in [-0.05, 0) is 50.5 Å². The minimum Gasteiger partial charge on any atom is -0.381 e. The Bertz CT molecular complexity index is 238. The van der Waals surface area contributed by atoms with Gasteiger partial charge in [0.05, 0.1) is 0 Å². The summed E-state index contributed by atoms with van der Waals surface area (Å²) in [6.07, 6.45) is 5.01. The maximum Gasteiger partial charge on any atom is 0.0472 e. The van der Waals surface area contributed by atoms with Crippen molar-refractivity contribution >= 4 is 0 Å². The number of piperidine rings is 1. The smallest absolute Gasteiger partial charge is 0.0472 e. The minimum absolute atomic E-state index is 0.323. The molecule has 2 rings (SSSR count). The molecule has 2 unspecified atom stereocenters. The summed E-state index contributed by atoms with van der Waals surface area (Å²) in [5, 5.41) is 0. The van der Waals surface area contributed by atoms with Crippen LogP contribution in [0.5, 0.6) is 0 Å². The molecular weight excluding hydrogens is 212 g/mol. The Balaban J connectivity index is 1.96. The molecule has 17 heavy (non-hydrogen) atoms. The molecule has 0 saturated carbocycles. The lowest BCUT2D eigenvalue weighted by Gasteiger charge is -2.45. The first-order valence-corrected chi connectivity index (χ1v) is 7.17. The SMILES string of the molecule is CC1CCC(C)N(CC2(CN)CCOCC2)C1. The van der Waals surface area contributed by atoms with Crippen LogP contribution in [0.25, 0.3) is 0 Å². The van der Waals surface area contributed by atoms with Crippen LogP contribution in [-0.2, 0) is 4.74 Å². The lowest BCUT2D eigenvalue weighted by Crippen LogP contribution is -2.51. The standard InChI is InChI=1S/C14H28N2O/c1-12-3-4-13(2)16(9-12)11-14(10-15)5-7-17-8-6-14/h12-13H,3-11,15H2,1-2H3. The topological polar surface area (TPSA) is 38.5 Å². The zero-order valence-corrected chi connectivity index (χ0v) is 11.5. The van der Waals surface area contributed by atoms with E-state index < -0.39 is 0 Å². The molecule has 2 fully saturated rings. The summed E-state index contributed by atoms with van der Waals surface area (Å²) in [5.74, 6) is 0.848. The summed E-state index contributed by atoms with van der Waals surface area (Å²) < 4.78 is 5.49. The van der Waals surface area contributed by atoms with Crippen molar-refractivity contribution in [3.05, 3.63) is 0 Å². The van der Waals surface area contributed by atoms with Crippen LogP contribution in [0.1, 0.15) is 39.5 Å². The molecule has 0 aliphatic carbocycles. The van der Waals surface area contributed by atoms with Gasteiger partial charge in [-0.25, -0.2) is 0 Å². The maximum atomic E-state index is 6.05. The third kappa shape index (κ3) is 3.21. The van der Waals surface area contributed by atoms with Crippen LogP contribution in [0.15, 0.2) is 0 Å². The molecule has 2 atom stereocenters. The van der Waals surface area contributed by atoms with E-state index in [2.05, 4.69) is 18.7 Å². The fraction of sp³-hybridized carbons (Fsp3) is 1.00. The highest BCUT2D eigenvalue weighted by Crippen LogP contribution is 2.33. The van der Waals surface area contributed by atoms with E-state index >= 15 is 0 Å². The largest absolute Gasteiger partial charge is 0.381 e. The number of rotatable bonds is 3. The third-order valence-electron chi connectivity index (χ3n) is 4.77. The molecule has 3 heteroatoms. The van der Waals surface area contributed by atoms with E-state index in [-0.39, 0.29) is 0 Å². The molecule has 2 saturated heterocycles. The van der Waals surface area contributed by atoms with Gasteiger partial charge >= 0.3 is 0 Å². The van der Waals surface area contributed by atoms with Crippen molar-refractivity contribution in [3.8, 4) is 0 Å². The fourth-order valence-corrected chi connectivity index (χ4v) is 3.26. The van der Waals surface area contributed by atoms with Gasteiger partial charge in [-0.3, -0.25) is 4.90 Å². The molecule has 0 bridgehead atoms. The first kappa shape index (κ1) is 13.3. The number of ether oxygens (including phenoxy) is 1. The number of hydrogen-bond acceptors (Lipinski definition) is 3. The molecule has 2 aliphatic rings. The van der Waals surface area contributed by atoms with Crippen LogP contribution in [0.2, 0.25) is 0 Å². The van der Waals surface area contributed by atoms with Gasteiger partial charge in [0.15, 0.2) is 0 Å². The summed E-state index contributed by atoms with van der Waals surface area (Å²) in [6, 6.07) is 0.734. The monoisotopic (exact) mass is 240 g/mol. The molecule has 3 nitrogen and oxygen atoms in total. The Labute approximate surface area is 106 Å². The number of likely N-dealkylation sites (tertiary alicyclic amines) is 1. The van der Waals surface area contributed by atoms with Crippen molar-refractivity contribution in [1.29, 1.82) is 0 Å². The van der Waals surface area contributed by atoms with E-state index in [0.717, 1.165) is 44.6 Å². The first-order chi connectivity index (χ1) is 8.15. The van der Waals surface area contributed by atoms with Crippen molar-refractivity contribution in [2.75, 3.05) is 32.8 Å². The van der Waals surface area contributed by atoms with Crippen LogP contribution in [0, 0.1) is 11.3 Å². The Kier molecular flexibility index (Phi) is 4.45. The molecule has 2 heterocycles. The Morgan fingerprint density at radius 3 is 2.59 bits per heavy atom. The molecule has 2 aliphatic heterocycles. The lowest BCUT2D eigenvalue weighted by atomic mass is 9.78. The Morgan fingerprint density at radius 1 is 1.24 bits per heavy atom. The molecule has 2 N–H and O–H groups in total. The second-order valence-corrected chi connectivity index (χ2v) is 6.28. The highest BCUT2D eigenvalue weighted by molar-refractivity contribution is 4.89. The second kappa shape index (κ2) is 5.68. The molecule has 0 radical (unpaired) electrons. The van der Waals surface area contributed by atoms with E-state index in [4.69, 9.17) is 10.5 Å². The number of hydrogen-bond donors (Lipinski definition) is 1. The fourth-order valence-electron chi connectivity index (χ4n) is 3.26. The quantitative estimate of drug-likeness (QED) is 0.818. The van der Waals surface area contributed by atoms with Gasteiger partial charge in [0.2, 0.25) is 0 Å². The van der Waals surface area contributed by atoms with Crippen molar-refractivity contribution in [3.63, 3.8) is 0 Å². The zero-order chi connectivity index (χ0) is 12.3. The normalized spacial score (nSPS) is 34.8. The van der Waals surface area contributed by atoms with Crippen LogP contribution in [0.3, 0.4) is 0 Å². The van der Waals surface area contributed by atoms with Crippen molar-refractivity contribution < 1.29 is 4.74 Å². The number of nitrogens with zero attached hydrogens (tertiary/aromatic N) is 1. The van der Waals surface area contributed by atoms with Crippen molar-refractivity contribution in [1.82, 2.24) is 4.90 Å². The van der Waals surface area contributed by atoms with Gasteiger partial charge in [0.25, 0.3) is 0 Å². The van der Waals surface area contributed by atoms with E-state index in [9.17, 15) is 0 Å². The predicted molar refractivity (Wildman–Crippen MR) is 71.0 cm³/mol. The van der Waals surface area contributed by atoms with Gasteiger partial charge in [-0.15, -0.1) is 0 Å². The molecule has 0 amide bonds. The highest BCUT2D eigenvalue weighted by Gasteiger charge is 2.35. The zero-order valence-electron chi connectivity index (χ0n) is 11.5. The predicted octanol–water partition coefficient (Wildman–Crippen LogP) is 1.86. The first-order valence-electron chi connectivity index (χ1n) is 7.17. The van der Waals surface area contributed by atoms with Crippen LogP contribution < -0.4 is 5.73 Å². The average Bonchev–Trinajstić information content (AvgIpc) is 2.35. The van der Waals surface area contributed by atoms with E-state index in [0.29, 0.717) is 5.41 Å². The van der Waals surface area contributed by atoms with Crippen LogP contribution >= 0.6 is 0 Å². The van der Waals surface area contributed by atoms with Gasteiger partial charge in [0.1, 0.15) is 0 Å².